The second-order valence-corrected chi connectivity index (χ2v) is 6.21. The van der Waals surface area contributed by atoms with Crippen molar-refractivity contribution in [3.8, 4) is 0 Å². The van der Waals surface area contributed by atoms with Gasteiger partial charge >= 0.3 is 0 Å². The summed E-state index contributed by atoms with van der Waals surface area (Å²) in [5.74, 6) is 2.67. The molecule has 1 aliphatic carbocycles. The van der Waals surface area contributed by atoms with Crippen LogP contribution in [0.1, 0.15) is 25.7 Å². The number of aliphatic imine (C=N–C) groups is 1. The minimum absolute atomic E-state index is 0.00897. The van der Waals surface area contributed by atoms with Crippen LogP contribution in [-0.2, 0) is 4.74 Å². The standard InChI is InChI=1S/C16H25N3O/c1-20-14-6-3-7-16(18-8-14)15(17)11-19-9-12-4-2-5-13(12)10-19/h6-8,12-13,15H,2-5,9-11,17H2,1H3. The Morgan fingerprint density at radius 3 is 2.80 bits per heavy atom. The van der Waals surface area contributed by atoms with Crippen LogP contribution in [0.2, 0.25) is 0 Å². The molecule has 3 aliphatic rings. The van der Waals surface area contributed by atoms with Crippen molar-refractivity contribution in [2.75, 3.05) is 26.7 Å². The van der Waals surface area contributed by atoms with Gasteiger partial charge in [-0.25, -0.2) is 0 Å². The van der Waals surface area contributed by atoms with Crippen LogP contribution in [0.4, 0.5) is 0 Å². The molecule has 0 aromatic heterocycles. The monoisotopic (exact) mass is 275 g/mol. The number of methoxy groups -OCH3 is 1. The van der Waals surface area contributed by atoms with Crippen LogP contribution in [-0.4, -0.2) is 43.9 Å². The van der Waals surface area contributed by atoms with Crippen molar-refractivity contribution in [3.63, 3.8) is 0 Å². The maximum absolute atomic E-state index is 6.35. The molecule has 1 saturated heterocycles. The molecule has 1 saturated carbocycles. The van der Waals surface area contributed by atoms with Crippen LogP contribution in [0.3, 0.4) is 0 Å². The van der Waals surface area contributed by atoms with E-state index in [-0.39, 0.29) is 6.04 Å². The predicted octanol–water partition coefficient (Wildman–Crippen LogP) is 1.93. The zero-order valence-electron chi connectivity index (χ0n) is 12.3. The molecule has 3 atom stereocenters. The van der Waals surface area contributed by atoms with Crippen molar-refractivity contribution in [1.29, 1.82) is 0 Å². The maximum Gasteiger partial charge on any atom is 0.133 e. The number of allylic oxidation sites excluding steroid dienone is 3. The number of likely N-dealkylation sites (tertiary alicyclic amines) is 1. The summed E-state index contributed by atoms with van der Waals surface area (Å²) in [6.45, 7) is 3.40. The number of hydrogen-bond donors (Lipinski definition) is 1. The summed E-state index contributed by atoms with van der Waals surface area (Å²) in [6, 6.07) is 0.00897. The third kappa shape index (κ3) is 2.96. The van der Waals surface area contributed by atoms with E-state index < -0.39 is 0 Å². The molecule has 4 heteroatoms. The molecule has 3 rings (SSSR count). The largest absolute Gasteiger partial charge is 0.495 e. The lowest BCUT2D eigenvalue weighted by Gasteiger charge is -2.21. The fourth-order valence-corrected chi connectivity index (χ4v) is 3.78. The predicted molar refractivity (Wildman–Crippen MR) is 81.5 cm³/mol. The van der Waals surface area contributed by atoms with E-state index in [1.807, 2.05) is 6.08 Å². The summed E-state index contributed by atoms with van der Waals surface area (Å²) in [4.78, 5) is 7.01. The molecular formula is C16H25N3O. The van der Waals surface area contributed by atoms with Gasteiger partial charge in [0.25, 0.3) is 0 Å². The van der Waals surface area contributed by atoms with E-state index >= 15 is 0 Å². The molecule has 110 valence electrons. The van der Waals surface area contributed by atoms with E-state index in [1.165, 1.54) is 32.4 Å². The fraction of sp³-hybridized carbons (Fsp3) is 0.688. The first-order chi connectivity index (χ1) is 9.76. The number of hydrogen-bond acceptors (Lipinski definition) is 4. The first kappa shape index (κ1) is 13.8. The van der Waals surface area contributed by atoms with Crippen LogP contribution in [0.5, 0.6) is 0 Å². The average Bonchev–Trinajstić information content (AvgIpc) is 2.91. The molecule has 0 spiro atoms. The minimum atomic E-state index is 0.00897. The molecule has 3 unspecified atom stereocenters. The molecule has 0 aromatic rings. The molecular weight excluding hydrogens is 250 g/mol. The molecule has 20 heavy (non-hydrogen) atoms. The highest BCUT2D eigenvalue weighted by atomic mass is 16.5. The van der Waals surface area contributed by atoms with Gasteiger partial charge in [0.1, 0.15) is 5.76 Å². The molecule has 4 nitrogen and oxygen atoms in total. The van der Waals surface area contributed by atoms with Gasteiger partial charge in [0.2, 0.25) is 0 Å². The van der Waals surface area contributed by atoms with Gasteiger partial charge in [-0.1, -0.05) is 12.5 Å². The highest BCUT2D eigenvalue weighted by Gasteiger charge is 2.36. The van der Waals surface area contributed by atoms with Crippen molar-refractivity contribution in [2.45, 2.75) is 31.7 Å². The third-order valence-corrected chi connectivity index (χ3v) is 4.86. The Bertz CT molecular complexity index is 429. The molecule has 2 heterocycles. The second-order valence-electron chi connectivity index (χ2n) is 6.21. The first-order valence-electron chi connectivity index (χ1n) is 7.72. The molecule has 0 bridgehead atoms. The van der Waals surface area contributed by atoms with Gasteiger partial charge in [-0.15, -0.1) is 0 Å². The van der Waals surface area contributed by atoms with Gasteiger partial charge < -0.3 is 15.4 Å². The number of rotatable bonds is 4. The normalized spacial score (nSPS) is 31.5. The highest BCUT2D eigenvalue weighted by molar-refractivity contribution is 5.77. The van der Waals surface area contributed by atoms with Gasteiger partial charge in [0.05, 0.1) is 25.1 Å². The van der Waals surface area contributed by atoms with Gasteiger partial charge in [-0.05, 0) is 37.2 Å². The Balaban J connectivity index is 1.55. The van der Waals surface area contributed by atoms with Gasteiger partial charge in [-0.2, -0.15) is 0 Å². The Kier molecular flexibility index (Phi) is 4.22. The van der Waals surface area contributed by atoms with Gasteiger partial charge in [0, 0.05) is 19.6 Å². The van der Waals surface area contributed by atoms with E-state index in [2.05, 4.69) is 16.0 Å². The molecule has 2 N–H and O–H groups in total. The Morgan fingerprint density at radius 2 is 2.10 bits per heavy atom. The zero-order chi connectivity index (χ0) is 13.9. The van der Waals surface area contributed by atoms with E-state index in [0.717, 1.165) is 36.3 Å². The summed E-state index contributed by atoms with van der Waals surface area (Å²) in [5.41, 5.74) is 7.34. The Morgan fingerprint density at radius 1 is 1.35 bits per heavy atom. The third-order valence-electron chi connectivity index (χ3n) is 4.86. The number of nitrogens with zero attached hydrogens (tertiary/aromatic N) is 2. The molecule has 2 aliphatic heterocycles. The maximum atomic E-state index is 6.35. The van der Waals surface area contributed by atoms with Crippen molar-refractivity contribution >= 4 is 6.21 Å². The summed E-state index contributed by atoms with van der Waals surface area (Å²) < 4.78 is 5.21. The summed E-state index contributed by atoms with van der Waals surface area (Å²) in [5, 5.41) is 0. The zero-order valence-corrected chi connectivity index (χ0v) is 12.3. The summed E-state index contributed by atoms with van der Waals surface area (Å²) >= 11 is 0. The lowest BCUT2D eigenvalue weighted by atomic mass is 10.0. The topological polar surface area (TPSA) is 50.9 Å². The second kappa shape index (κ2) is 6.10. The quantitative estimate of drug-likeness (QED) is 0.853. The molecule has 2 fully saturated rings. The Hall–Kier alpha value is -1.13. The minimum Gasteiger partial charge on any atom is -0.495 e. The van der Waals surface area contributed by atoms with E-state index in [1.54, 1.807) is 13.3 Å². The van der Waals surface area contributed by atoms with Gasteiger partial charge in [0.15, 0.2) is 0 Å². The van der Waals surface area contributed by atoms with Crippen molar-refractivity contribution in [3.05, 3.63) is 23.6 Å². The van der Waals surface area contributed by atoms with Crippen molar-refractivity contribution in [1.82, 2.24) is 4.90 Å². The number of fused-ring (bicyclic) bond motifs is 1. The molecule has 0 amide bonds. The lowest BCUT2D eigenvalue weighted by molar-refractivity contribution is 0.300. The Labute approximate surface area is 121 Å². The van der Waals surface area contributed by atoms with Crippen LogP contribution in [0, 0.1) is 11.8 Å². The number of ether oxygens (including phenoxy) is 1. The summed E-state index contributed by atoms with van der Waals surface area (Å²) in [7, 11) is 1.67. The van der Waals surface area contributed by atoms with Crippen LogP contribution in [0.15, 0.2) is 28.6 Å². The number of nitrogens with two attached hydrogens (primary N) is 1. The van der Waals surface area contributed by atoms with E-state index in [0.29, 0.717) is 0 Å². The first-order valence-corrected chi connectivity index (χ1v) is 7.72. The van der Waals surface area contributed by atoms with Crippen LogP contribution in [0.25, 0.3) is 0 Å². The lowest BCUT2D eigenvalue weighted by Crippen LogP contribution is -2.37. The van der Waals surface area contributed by atoms with Crippen molar-refractivity contribution < 1.29 is 4.74 Å². The van der Waals surface area contributed by atoms with Crippen molar-refractivity contribution in [2.24, 2.45) is 22.6 Å². The SMILES string of the molecule is COC1=CCC=C(C(N)CN2CC3CCCC3C2)N=C1. The van der Waals surface area contributed by atoms with Crippen LogP contribution >= 0.6 is 0 Å². The summed E-state index contributed by atoms with van der Waals surface area (Å²) in [6.07, 6.45) is 11.0. The molecule has 0 radical (unpaired) electrons. The smallest absolute Gasteiger partial charge is 0.133 e. The van der Waals surface area contributed by atoms with Gasteiger partial charge in [-0.3, -0.25) is 4.99 Å². The van der Waals surface area contributed by atoms with E-state index in [4.69, 9.17) is 10.5 Å². The average molecular weight is 275 g/mol. The van der Waals surface area contributed by atoms with E-state index in [9.17, 15) is 0 Å². The molecule has 0 aromatic carbocycles. The van der Waals surface area contributed by atoms with Crippen LogP contribution < -0.4 is 5.73 Å². The highest BCUT2D eigenvalue weighted by Crippen LogP contribution is 2.37. The fourth-order valence-electron chi connectivity index (χ4n) is 3.78.